The molecule has 0 fully saturated rings. The van der Waals surface area contributed by atoms with E-state index in [2.05, 4.69) is 0 Å². The van der Waals surface area contributed by atoms with Gasteiger partial charge < -0.3 is 9.47 Å². The van der Waals surface area contributed by atoms with Gasteiger partial charge in [-0.2, -0.15) is 0 Å². The first-order valence-corrected chi connectivity index (χ1v) is 6.43. The fraction of sp³-hybridized carbons (Fsp3) is 0.154. The summed E-state index contributed by atoms with van der Waals surface area (Å²) >= 11 is 7.28. The summed E-state index contributed by atoms with van der Waals surface area (Å²) in [5, 5.41) is 2.24. The van der Waals surface area contributed by atoms with E-state index in [0.29, 0.717) is 27.0 Å². The number of hydrogen-bond acceptors (Lipinski definition) is 4. The van der Waals surface area contributed by atoms with Crippen molar-refractivity contribution < 1.29 is 14.3 Å². The van der Waals surface area contributed by atoms with Gasteiger partial charge in [-0.1, -0.05) is 11.6 Å². The Hall–Kier alpha value is -1.52. The van der Waals surface area contributed by atoms with E-state index in [4.69, 9.17) is 21.1 Å². The van der Waals surface area contributed by atoms with Crippen molar-refractivity contribution in [3.8, 4) is 11.5 Å². The smallest absolute Gasteiger partial charge is 0.208 e. The summed E-state index contributed by atoms with van der Waals surface area (Å²) in [7, 11) is 3.08. The van der Waals surface area contributed by atoms with Crippen LogP contribution >= 0.6 is 22.9 Å². The number of ether oxygens (including phenoxy) is 2. The molecule has 0 saturated carbocycles. The Morgan fingerprint density at radius 3 is 2.56 bits per heavy atom. The van der Waals surface area contributed by atoms with Gasteiger partial charge in [-0.05, 0) is 23.6 Å². The molecule has 1 heterocycles. The van der Waals surface area contributed by atoms with Gasteiger partial charge in [-0.3, -0.25) is 4.79 Å². The normalized spacial score (nSPS) is 10.2. The third-order valence-corrected chi connectivity index (χ3v) is 3.82. The van der Waals surface area contributed by atoms with Crippen LogP contribution in [0.5, 0.6) is 11.5 Å². The highest BCUT2D eigenvalue weighted by Gasteiger charge is 2.18. The van der Waals surface area contributed by atoms with Crippen molar-refractivity contribution in [1.82, 2.24) is 0 Å². The van der Waals surface area contributed by atoms with Crippen LogP contribution in [0.4, 0.5) is 0 Å². The maximum atomic E-state index is 12.3. The summed E-state index contributed by atoms with van der Waals surface area (Å²) in [6.45, 7) is 0. The lowest BCUT2D eigenvalue weighted by Gasteiger charge is -2.09. The summed E-state index contributed by atoms with van der Waals surface area (Å²) in [6.07, 6.45) is 0. The van der Waals surface area contributed by atoms with Crippen LogP contribution in [0.1, 0.15) is 15.2 Å². The molecule has 0 aliphatic carbocycles. The molecular formula is C13H11ClO3S. The third kappa shape index (κ3) is 2.35. The van der Waals surface area contributed by atoms with E-state index in [1.54, 1.807) is 36.8 Å². The van der Waals surface area contributed by atoms with Gasteiger partial charge in [-0.15, -0.1) is 11.3 Å². The lowest BCUT2D eigenvalue weighted by atomic mass is 10.1. The van der Waals surface area contributed by atoms with Gasteiger partial charge in [0.15, 0.2) is 0 Å². The molecule has 94 valence electrons. The maximum absolute atomic E-state index is 12.3. The first kappa shape index (κ1) is 12.9. The van der Waals surface area contributed by atoms with Gasteiger partial charge in [0.1, 0.15) is 11.5 Å². The molecule has 0 radical (unpaired) electrons. The van der Waals surface area contributed by atoms with Crippen molar-refractivity contribution in [1.29, 1.82) is 0 Å². The highest BCUT2D eigenvalue weighted by atomic mass is 35.5. The lowest BCUT2D eigenvalue weighted by molar-refractivity contribution is 0.103. The molecule has 0 bridgehead atoms. The van der Waals surface area contributed by atoms with Crippen LogP contribution in [-0.2, 0) is 0 Å². The van der Waals surface area contributed by atoms with Crippen LogP contribution in [0, 0.1) is 0 Å². The number of rotatable bonds is 4. The van der Waals surface area contributed by atoms with Crippen molar-refractivity contribution in [2.45, 2.75) is 0 Å². The van der Waals surface area contributed by atoms with Crippen molar-refractivity contribution >= 4 is 28.7 Å². The predicted molar refractivity (Wildman–Crippen MR) is 72.3 cm³/mol. The quantitative estimate of drug-likeness (QED) is 0.803. The number of ketones is 1. The summed E-state index contributed by atoms with van der Waals surface area (Å²) in [5.41, 5.74) is 0.475. The molecular weight excluding hydrogens is 272 g/mol. The molecule has 1 aromatic carbocycles. The average molecular weight is 283 g/mol. The van der Waals surface area contributed by atoms with Gasteiger partial charge >= 0.3 is 0 Å². The molecule has 0 spiro atoms. The van der Waals surface area contributed by atoms with Crippen LogP contribution in [0.25, 0.3) is 0 Å². The Labute approximate surface area is 114 Å². The Morgan fingerprint density at radius 2 is 2.00 bits per heavy atom. The highest BCUT2D eigenvalue weighted by molar-refractivity contribution is 7.13. The number of methoxy groups -OCH3 is 2. The molecule has 0 saturated heterocycles. The number of hydrogen-bond donors (Lipinski definition) is 0. The lowest BCUT2D eigenvalue weighted by Crippen LogP contribution is -2.03. The monoisotopic (exact) mass is 282 g/mol. The zero-order valence-corrected chi connectivity index (χ0v) is 11.5. The summed E-state index contributed by atoms with van der Waals surface area (Å²) in [4.78, 5) is 12.8. The van der Waals surface area contributed by atoms with Crippen molar-refractivity contribution in [3.63, 3.8) is 0 Å². The van der Waals surface area contributed by atoms with E-state index in [1.165, 1.54) is 18.4 Å². The van der Waals surface area contributed by atoms with E-state index in [0.717, 1.165) is 0 Å². The van der Waals surface area contributed by atoms with Gasteiger partial charge in [0, 0.05) is 6.07 Å². The minimum Gasteiger partial charge on any atom is -0.497 e. The Bertz CT molecular complexity index is 577. The van der Waals surface area contributed by atoms with Crippen LogP contribution < -0.4 is 9.47 Å². The predicted octanol–water partition coefficient (Wildman–Crippen LogP) is 3.65. The topological polar surface area (TPSA) is 35.5 Å². The molecule has 5 heteroatoms. The highest BCUT2D eigenvalue weighted by Crippen LogP contribution is 2.31. The zero-order chi connectivity index (χ0) is 13.1. The molecule has 0 N–H and O–H groups in total. The Kier molecular flexibility index (Phi) is 3.89. The molecule has 0 atom stereocenters. The number of carbonyl (C=O) groups is 1. The largest absolute Gasteiger partial charge is 0.497 e. The van der Waals surface area contributed by atoms with Crippen LogP contribution in [0.3, 0.4) is 0 Å². The van der Waals surface area contributed by atoms with Crippen LogP contribution in [0.15, 0.2) is 29.6 Å². The third-order valence-electron chi connectivity index (χ3n) is 2.48. The molecule has 18 heavy (non-hydrogen) atoms. The second-order valence-corrected chi connectivity index (χ2v) is 4.82. The summed E-state index contributed by atoms with van der Waals surface area (Å²) in [6, 6.07) is 6.78. The zero-order valence-electron chi connectivity index (χ0n) is 9.90. The van der Waals surface area contributed by atoms with E-state index in [9.17, 15) is 4.79 Å². The molecule has 0 aliphatic rings. The van der Waals surface area contributed by atoms with Crippen molar-refractivity contribution in [2.75, 3.05) is 14.2 Å². The van der Waals surface area contributed by atoms with E-state index in [-0.39, 0.29) is 5.78 Å². The van der Waals surface area contributed by atoms with Crippen molar-refractivity contribution in [2.24, 2.45) is 0 Å². The second kappa shape index (κ2) is 5.42. The second-order valence-electron chi connectivity index (χ2n) is 3.49. The average Bonchev–Trinajstić information content (AvgIpc) is 2.83. The Balaban J connectivity index is 2.45. The molecule has 0 aliphatic heterocycles. The van der Waals surface area contributed by atoms with E-state index in [1.807, 2.05) is 0 Å². The Morgan fingerprint density at radius 1 is 1.22 bits per heavy atom. The van der Waals surface area contributed by atoms with Gasteiger partial charge in [-0.25, -0.2) is 0 Å². The van der Waals surface area contributed by atoms with Gasteiger partial charge in [0.2, 0.25) is 5.78 Å². The number of carbonyl (C=O) groups excluding carboxylic acids is 1. The van der Waals surface area contributed by atoms with E-state index >= 15 is 0 Å². The molecule has 0 amide bonds. The molecule has 2 rings (SSSR count). The minimum absolute atomic E-state index is 0.144. The maximum Gasteiger partial charge on any atom is 0.208 e. The fourth-order valence-electron chi connectivity index (χ4n) is 1.56. The molecule has 0 unspecified atom stereocenters. The fourth-order valence-corrected chi connectivity index (χ4v) is 2.66. The first-order chi connectivity index (χ1) is 8.67. The van der Waals surface area contributed by atoms with Gasteiger partial charge in [0.05, 0.1) is 29.7 Å². The number of thiophene rings is 1. The summed E-state index contributed by atoms with van der Waals surface area (Å²) in [5.74, 6) is 0.971. The summed E-state index contributed by atoms with van der Waals surface area (Å²) < 4.78 is 10.3. The molecule has 2 aromatic rings. The SMILES string of the molecule is COc1ccc(C(=O)c2sccc2Cl)c(OC)c1. The number of halogens is 1. The van der Waals surface area contributed by atoms with Crippen LogP contribution in [-0.4, -0.2) is 20.0 Å². The first-order valence-electron chi connectivity index (χ1n) is 5.17. The minimum atomic E-state index is -0.144. The van der Waals surface area contributed by atoms with Crippen molar-refractivity contribution in [3.05, 3.63) is 45.1 Å². The van der Waals surface area contributed by atoms with Crippen LogP contribution in [0.2, 0.25) is 5.02 Å². The standard InChI is InChI=1S/C13H11ClO3S/c1-16-8-3-4-9(11(7-8)17-2)12(15)13-10(14)5-6-18-13/h3-7H,1-2H3. The molecule has 3 nitrogen and oxygen atoms in total. The van der Waals surface area contributed by atoms with E-state index < -0.39 is 0 Å². The molecule has 1 aromatic heterocycles. The number of benzene rings is 1. The van der Waals surface area contributed by atoms with Gasteiger partial charge in [0.25, 0.3) is 0 Å².